The van der Waals surface area contributed by atoms with Crippen LogP contribution < -0.4 is 0 Å². The van der Waals surface area contributed by atoms with Gasteiger partial charge in [0.15, 0.2) is 0 Å². The number of hydrogen-bond donors (Lipinski definition) is 0. The van der Waals surface area contributed by atoms with Crippen LogP contribution in [0.2, 0.25) is 0 Å². The Morgan fingerprint density at radius 1 is 0.448 bits per heavy atom. The van der Waals surface area contributed by atoms with Crippen molar-refractivity contribution in [2.45, 2.75) is 143 Å². The van der Waals surface area contributed by atoms with E-state index >= 15 is 0 Å². The van der Waals surface area contributed by atoms with Gasteiger partial charge in [0, 0.05) is 0 Å². The third kappa shape index (κ3) is 22.3. The molecule has 2 radical (unpaired) electrons. The predicted octanol–water partition coefficient (Wildman–Crippen LogP) is 10.5. The highest BCUT2D eigenvalue weighted by Crippen LogP contribution is 2.22. The van der Waals surface area contributed by atoms with Crippen molar-refractivity contribution in [2.75, 3.05) is 0 Å². The summed E-state index contributed by atoms with van der Waals surface area (Å²) >= 11 is 0. The third-order valence-corrected chi connectivity index (χ3v) is 6.60. The first-order chi connectivity index (χ1) is 14.1. The zero-order valence-corrected chi connectivity index (χ0v) is 20.7. The minimum Gasteiger partial charge on any atom is -0.0885 e. The fourth-order valence-electron chi connectivity index (χ4n) is 4.27. The molecule has 0 aromatic rings. The van der Waals surface area contributed by atoms with Crippen LogP contribution in [0.5, 0.6) is 0 Å². The number of hydrogen-bond acceptors (Lipinski definition) is 0. The molecule has 0 aromatic carbocycles. The summed E-state index contributed by atoms with van der Waals surface area (Å²) in [6.07, 6.45) is 30.6. The molecule has 0 heterocycles. The van der Waals surface area contributed by atoms with Gasteiger partial charge in [0.25, 0.3) is 0 Å². The van der Waals surface area contributed by atoms with E-state index in [0.717, 1.165) is 30.6 Å². The van der Waals surface area contributed by atoms with Gasteiger partial charge in [0.2, 0.25) is 0 Å². The van der Waals surface area contributed by atoms with Gasteiger partial charge >= 0.3 is 0 Å². The van der Waals surface area contributed by atoms with Crippen molar-refractivity contribution in [2.24, 2.45) is 17.8 Å². The average Bonchev–Trinajstić information content (AvgIpc) is 2.71. The van der Waals surface area contributed by atoms with Gasteiger partial charge in [-0.15, -0.1) is 0 Å². The van der Waals surface area contributed by atoms with Crippen LogP contribution in [0.4, 0.5) is 0 Å². The predicted molar refractivity (Wildman–Crippen MR) is 135 cm³/mol. The van der Waals surface area contributed by atoms with Gasteiger partial charge in [-0.3, -0.25) is 0 Å². The molecule has 0 aromatic heterocycles. The van der Waals surface area contributed by atoms with Crippen molar-refractivity contribution in [3.05, 3.63) is 26.0 Å². The maximum atomic E-state index is 3.94. The van der Waals surface area contributed by atoms with Crippen molar-refractivity contribution in [3.63, 3.8) is 0 Å². The molecule has 0 heteroatoms. The summed E-state index contributed by atoms with van der Waals surface area (Å²) in [5, 5.41) is 0. The van der Waals surface area contributed by atoms with Gasteiger partial charge in [-0.25, -0.2) is 0 Å². The summed E-state index contributed by atoms with van der Waals surface area (Å²) in [5.41, 5.74) is 0. The largest absolute Gasteiger partial charge is 0.0885 e. The Balaban J connectivity index is 3.40. The van der Waals surface area contributed by atoms with Gasteiger partial charge < -0.3 is 0 Å². The van der Waals surface area contributed by atoms with Crippen molar-refractivity contribution < 1.29 is 0 Å². The molecule has 0 aliphatic heterocycles. The zero-order chi connectivity index (χ0) is 21.6. The maximum absolute atomic E-state index is 3.94. The maximum Gasteiger partial charge on any atom is -0.0351 e. The fourth-order valence-corrected chi connectivity index (χ4v) is 4.27. The van der Waals surface area contributed by atoms with Crippen LogP contribution in [-0.4, -0.2) is 0 Å². The lowest BCUT2D eigenvalue weighted by atomic mass is 9.91. The molecular formula is C29H56. The number of allylic oxidation sites excluding steroid dienone is 2. The van der Waals surface area contributed by atoms with E-state index in [1.54, 1.807) is 0 Å². The van der Waals surface area contributed by atoms with Crippen molar-refractivity contribution in [3.8, 4) is 0 Å². The van der Waals surface area contributed by atoms with E-state index in [2.05, 4.69) is 46.8 Å². The molecular weight excluding hydrogens is 348 g/mol. The lowest BCUT2D eigenvalue weighted by Gasteiger charge is -2.15. The Labute approximate surface area is 186 Å². The third-order valence-electron chi connectivity index (χ3n) is 6.60. The molecule has 0 spiro atoms. The Bertz CT molecular complexity index is 329. The summed E-state index contributed by atoms with van der Waals surface area (Å²) in [5.74, 6) is 2.74. The molecule has 0 aliphatic rings. The Morgan fingerprint density at radius 3 is 1.38 bits per heavy atom. The lowest BCUT2D eigenvalue weighted by Crippen LogP contribution is -2.01. The summed E-state index contributed by atoms with van der Waals surface area (Å²) < 4.78 is 0. The van der Waals surface area contributed by atoms with E-state index in [-0.39, 0.29) is 0 Å². The van der Waals surface area contributed by atoms with Gasteiger partial charge in [0.1, 0.15) is 0 Å². The number of rotatable bonds is 22. The summed E-state index contributed by atoms with van der Waals surface area (Å²) in [6, 6.07) is 0. The van der Waals surface area contributed by atoms with Gasteiger partial charge in [0.05, 0.1) is 0 Å². The lowest BCUT2D eigenvalue weighted by molar-refractivity contribution is 0.379. The van der Waals surface area contributed by atoms with Gasteiger partial charge in [-0.1, -0.05) is 143 Å². The normalized spacial score (nSPS) is 15.1. The van der Waals surface area contributed by atoms with Crippen molar-refractivity contribution >= 4 is 0 Å². The van der Waals surface area contributed by atoms with E-state index in [1.165, 1.54) is 109 Å². The second-order valence-corrected chi connectivity index (χ2v) is 9.99. The fraction of sp³-hybridized carbons (Fsp3) is 0.862. The highest BCUT2D eigenvalue weighted by atomic mass is 14.1. The molecule has 0 fully saturated rings. The minimum atomic E-state index is 0.901. The van der Waals surface area contributed by atoms with Crippen LogP contribution in [0.25, 0.3) is 0 Å². The summed E-state index contributed by atoms with van der Waals surface area (Å²) in [6.45, 7) is 15.2. The standard InChI is InChI=1S/C29H56/c1-6-8-10-18-23-28(4)25-26-29(5)24-20-16-14-12-11-13-15-19-22-27(3)21-17-9-7-2/h11,13,27-29H,1-2,6-10,12,14-26H2,3-5H3/b13-11+. The molecule has 0 saturated heterocycles. The SMILES string of the molecule is [CH2]CCCCCC(C)CCC(C)CCCCC/C=C/CCCC(C)CCCC[CH2]. The molecule has 0 N–H and O–H groups in total. The Kier molecular flexibility index (Phi) is 22.2. The molecule has 0 amide bonds. The van der Waals surface area contributed by atoms with E-state index in [0.29, 0.717) is 0 Å². The molecule has 172 valence electrons. The molecule has 3 unspecified atom stereocenters. The van der Waals surface area contributed by atoms with Crippen LogP contribution in [0, 0.1) is 31.6 Å². The van der Waals surface area contributed by atoms with Gasteiger partial charge in [-0.2, -0.15) is 0 Å². The summed E-state index contributed by atoms with van der Waals surface area (Å²) in [4.78, 5) is 0. The quantitative estimate of drug-likeness (QED) is 0.124. The second kappa shape index (κ2) is 22.4. The van der Waals surface area contributed by atoms with Crippen LogP contribution in [0.3, 0.4) is 0 Å². The first-order valence-electron chi connectivity index (χ1n) is 13.3. The zero-order valence-electron chi connectivity index (χ0n) is 20.7. The van der Waals surface area contributed by atoms with Gasteiger partial charge in [-0.05, 0) is 43.4 Å². The van der Waals surface area contributed by atoms with Crippen LogP contribution in [0.15, 0.2) is 12.2 Å². The molecule has 0 rings (SSSR count). The van der Waals surface area contributed by atoms with E-state index in [1.807, 2.05) is 0 Å². The highest BCUT2D eigenvalue weighted by Gasteiger charge is 2.07. The minimum absolute atomic E-state index is 0.901. The second-order valence-electron chi connectivity index (χ2n) is 9.99. The average molecular weight is 405 g/mol. The molecule has 29 heavy (non-hydrogen) atoms. The van der Waals surface area contributed by atoms with E-state index in [4.69, 9.17) is 0 Å². The monoisotopic (exact) mass is 404 g/mol. The van der Waals surface area contributed by atoms with Crippen LogP contribution >= 0.6 is 0 Å². The Hall–Kier alpha value is -0.260. The molecule has 0 nitrogen and oxygen atoms in total. The van der Waals surface area contributed by atoms with Crippen molar-refractivity contribution in [1.82, 2.24) is 0 Å². The number of unbranched alkanes of at least 4 members (excludes halogenated alkanes) is 9. The highest BCUT2D eigenvalue weighted by molar-refractivity contribution is 4.81. The van der Waals surface area contributed by atoms with E-state index < -0.39 is 0 Å². The topological polar surface area (TPSA) is 0 Å². The molecule has 0 saturated carbocycles. The first-order valence-corrected chi connectivity index (χ1v) is 13.3. The molecule has 0 bridgehead atoms. The molecule has 3 atom stereocenters. The first kappa shape index (κ1) is 28.7. The Morgan fingerprint density at radius 2 is 0.828 bits per heavy atom. The smallest absolute Gasteiger partial charge is 0.0351 e. The molecule has 0 aliphatic carbocycles. The van der Waals surface area contributed by atoms with Crippen LogP contribution in [-0.2, 0) is 0 Å². The van der Waals surface area contributed by atoms with Crippen molar-refractivity contribution in [1.29, 1.82) is 0 Å². The van der Waals surface area contributed by atoms with Crippen LogP contribution in [0.1, 0.15) is 143 Å². The summed E-state index contributed by atoms with van der Waals surface area (Å²) in [7, 11) is 0. The van der Waals surface area contributed by atoms with E-state index in [9.17, 15) is 0 Å².